The monoisotopic (exact) mass is 243 g/mol. The highest BCUT2D eigenvalue weighted by Gasteiger charge is 2.18. The number of nitrogens with zero attached hydrogens (tertiary/aromatic N) is 2. The van der Waals surface area contributed by atoms with Gasteiger partial charge in [-0.1, -0.05) is 39.0 Å². The summed E-state index contributed by atoms with van der Waals surface area (Å²) in [4.78, 5) is 4.48. The van der Waals surface area contributed by atoms with Gasteiger partial charge in [-0.15, -0.1) is 0 Å². The van der Waals surface area contributed by atoms with Gasteiger partial charge in [0.15, 0.2) is 0 Å². The normalized spacial score (nSPS) is 11.6. The fourth-order valence-electron chi connectivity index (χ4n) is 2.10. The summed E-state index contributed by atoms with van der Waals surface area (Å²) in [5, 5.41) is 3.42. The highest BCUT2D eigenvalue weighted by atomic mass is 15.2. The van der Waals surface area contributed by atoms with Gasteiger partial charge in [0, 0.05) is 18.9 Å². The van der Waals surface area contributed by atoms with Crippen molar-refractivity contribution in [1.29, 1.82) is 0 Å². The summed E-state index contributed by atoms with van der Waals surface area (Å²) in [5.41, 5.74) is 3.56. The lowest BCUT2D eigenvalue weighted by molar-refractivity contribution is 0.592. The summed E-state index contributed by atoms with van der Waals surface area (Å²) in [6, 6.07) is 8.39. The maximum Gasteiger partial charge on any atom is 0.207 e. The Bertz CT molecular complexity index is 547. The summed E-state index contributed by atoms with van der Waals surface area (Å²) in [6.45, 7) is 8.66. The van der Waals surface area contributed by atoms with E-state index < -0.39 is 0 Å². The van der Waals surface area contributed by atoms with Crippen molar-refractivity contribution in [3.05, 3.63) is 41.7 Å². The molecule has 0 fully saturated rings. The molecule has 96 valence electrons. The molecule has 0 radical (unpaired) electrons. The Morgan fingerprint density at radius 2 is 1.83 bits per heavy atom. The number of hydrogen-bond donors (Lipinski definition) is 1. The molecule has 0 saturated carbocycles. The summed E-state index contributed by atoms with van der Waals surface area (Å²) < 4.78 is 2.01. The van der Waals surface area contributed by atoms with Crippen LogP contribution in [-0.4, -0.2) is 9.55 Å². The van der Waals surface area contributed by atoms with Gasteiger partial charge < -0.3 is 9.88 Å². The summed E-state index contributed by atoms with van der Waals surface area (Å²) >= 11 is 0. The molecule has 0 unspecified atom stereocenters. The van der Waals surface area contributed by atoms with Gasteiger partial charge in [0.2, 0.25) is 5.95 Å². The molecule has 2 aromatic rings. The highest BCUT2D eigenvalue weighted by Crippen LogP contribution is 2.30. The van der Waals surface area contributed by atoms with E-state index in [2.05, 4.69) is 49.3 Å². The van der Waals surface area contributed by atoms with Crippen LogP contribution in [0, 0.1) is 6.92 Å². The van der Waals surface area contributed by atoms with Crippen LogP contribution >= 0.6 is 0 Å². The minimum absolute atomic E-state index is 0.115. The molecule has 1 N–H and O–H groups in total. The molecular weight excluding hydrogens is 222 g/mol. The Morgan fingerprint density at radius 3 is 2.39 bits per heavy atom. The van der Waals surface area contributed by atoms with E-state index in [0.29, 0.717) is 0 Å². The molecule has 3 nitrogen and oxygen atoms in total. The first-order valence-electron chi connectivity index (χ1n) is 6.24. The van der Waals surface area contributed by atoms with Crippen molar-refractivity contribution in [2.75, 3.05) is 5.32 Å². The Hall–Kier alpha value is -1.77. The molecule has 0 spiro atoms. The molecule has 0 aliphatic carbocycles. The third kappa shape index (κ3) is 2.55. The molecule has 0 bridgehead atoms. The van der Waals surface area contributed by atoms with E-state index in [9.17, 15) is 0 Å². The van der Waals surface area contributed by atoms with Gasteiger partial charge in [-0.3, -0.25) is 0 Å². The first kappa shape index (κ1) is 12.7. The summed E-state index contributed by atoms with van der Waals surface area (Å²) in [7, 11) is 2.00. The lowest BCUT2D eigenvalue weighted by Gasteiger charge is -2.23. The van der Waals surface area contributed by atoms with E-state index in [1.807, 2.05) is 30.8 Å². The van der Waals surface area contributed by atoms with Crippen molar-refractivity contribution >= 4 is 11.6 Å². The van der Waals surface area contributed by atoms with Gasteiger partial charge in [-0.25, -0.2) is 4.98 Å². The predicted octanol–water partition coefficient (Wildman–Crippen LogP) is 3.77. The van der Waals surface area contributed by atoms with E-state index >= 15 is 0 Å². The lowest BCUT2D eigenvalue weighted by Crippen LogP contribution is -2.14. The van der Waals surface area contributed by atoms with Crippen LogP contribution in [0.3, 0.4) is 0 Å². The predicted molar refractivity (Wildman–Crippen MR) is 76.4 cm³/mol. The number of para-hydroxylation sites is 1. The van der Waals surface area contributed by atoms with Crippen LogP contribution in [0.15, 0.2) is 30.5 Å². The Morgan fingerprint density at radius 1 is 1.17 bits per heavy atom. The molecular formula is C15H21N3. The van der Waals surface area contributed by atoms with E-state index in [-0.39, 0.29) is 5.41 Å². The van der Waals surface area contributed by atoms with Gasteiger partial charge in [0.05, 0.1) is 5.69 Å². The Labute approximate surface area is 109 Å². The van der Waals surface area contributed by atoms with Crippen LogP contribution in [0.5, 0.6) is 0 Å². The van der Waals surface area contributed by atoms with Crippen molar-refractivity contribution in [2.24, 2.45) is 7.05 Å². The molecule has 0 aliphatic rings. The number of imidazole rings is 1. The molecule has 0 amide bonds. The zero-order valence-electron chi connectivity index (χ0n) is 11.8. The largest absolute Gasteiger partial charge is 0.325 e. The van der Waals surface area contributed by atoms with E-state index in [4.69, 9.17) is 0 Å². The third-order valence-electron chi connectivity index (χ3n) is 2.98. The van der Waals surface area contributed by atoms with E-state index in [1.165, 1.54) is 5.56 Å². The SMILES string of the molecule is Cc1cn(C)c(Nc2ccccc2C(C)(C)C)n1. The summed E-state index contributed by atoms with van der Waals surface area (Å²) in [5.74, 6) is 0.879. The van der Waals surface area contributed by atoms with Crippen molar-refractivity contribution in [2.45, 2.75) is 33.1 Å². The fraction of sp³-hybridized carbons (Fsp3) is 0.400. The minimum atomic E-state index is 0.115. The number of nitrogens with one attached hydrogen (secondary N) is 1. The van der Waals surface area contributed by atoms with E-state index in [1.54, 1.807) is 0 Å². The second kappa shape index (κ2) is 4.48. The van der Waals surface area contributed by atoms with Gasteiger partial charge in [-0.2, -0.15) is 0 Å². The van der Waals surface area contributed by atoms with Crippen LogP contribution in [0.2, 0.25) is 0 Å². The molecule has 18 heavy (non-hydrogen) atoms. The minimum Gasteiger partial charge on any atom is -0.325 e. The average molecular weight is 243 g/mol. The Kier molecular flexibility index (Phi) is 3.16. The van der Waals surface area contributed by atoms with Crippen LogP contribution in [0.1, 0.15) is 32.0 Å². The van der Waals surface area contributed by atoms with Crippen LogP contribution in [0.4, 0.5) is 11.6 Å². The number of aromatic nitrogens is 2. The zero-order chi connectivity index (χ0) is 13.3. The molecule has 0 atom stereocenters. The second-order valence-electron chi connectivity index (χ2n) is 5.74. The van der Waals surface area contributed by atoms with Gasteiger partial charge in [-0.05, 0) is 24.0 Å². The van der Waals surface area contributed by atoms with Crippen LogP contribution in [-0.2, 0) is 12.5 Å². The molecule has 1 aromatic carbocycles. The quantitative estimate of drug-likeness (QED) is 0.870. The number of hydrogen-bond acceptors (Lipinski definition) is 2. The maximum atomic E-state index is 4.48. The van der Waals surface area contributed by atoms with Crippen LogP contribution in [0.25, 0.3) is 0 Å². The number of rotatable bonds is 2. The van der Waals surface area contributed by atoms with Crippen LogP contribution < -0.4 is 5.32 Å². The topological polar surface area (TPSA) is 29.9 Å². The van der Waals surface area contributed by atoms with Gasteiger partial charge >= 0.3 is 0 Å². The summed E-state index contributed by atoms with van der Waals surface area (Å²) in [6.07, 6.45) is 2.02. The highest BCUT2D eigenvalue weighted by molar-refractivity contribution is 5.60. The van der Waals surface area contributed by atoms with Gasteiger partial charge in [0.1, 0.15) is 0 Å². The Balaban J connectivity index is 2.38. The number of benzene rings is 1. The van der Waals surface area contributed by atoms with Crippen molar-refractivity contribution in [1.82, 2.24) is 9.55 Å². The van der Waals surface area contributed by atoms with Crippen molar-refractivity contribution in [3.8, 4) is 0 Å². The maximum absolute atomic E-state index is 4.48. The van der Waals surface area contributed by atoms with Gasteiger partial charge in [0.25, 0.3) is 0 Å². The van der Waals surface area contributed by atoms with E-state index in [0.717, 1.165) is 17.3 Å². The number of anilines is 2. The molecule has 0 aliphatic heterocycles. The fourth-order valence-corrected chi connectivity index (χ4v) is 2.10. The molecule has 1 heterocycles. The smallest absolute Gasteiger partial charge is 0.207 e. The van der Waals surface area contributed by atoms with Crippen molar-refractivity contribution < 1.29 is 0 Å². The first-order valence-corrected chi connectivity index (χ1v) is 6.24. The second-order valence-corrected chi connectivity index (χ2v) is 5.74. The molecule has 3 heteroatoms. The molecule has 1 aromatic heterocycles. The lowest BCUT2D eigenvalue weighted by atomic mass is 9.86. The standard InChI is InChI=1S/C15H21N3/c1-11-10-18(5)14(16-11)17-13-9-7-6-8-12(13)15(2,3)4/h6-10H,1-5H3,(H,16,17). The first-order chi connectivity index (χ1) is 8.38. The third-order valence-corrected chi connectivity index (χ3v) is 2.98. The van der Waals surface area contributed by atoms with Crippen molar-refractivity contribution in [3.63, 3.8) is 0 Å². The average Bonchev–Trinajstić information content (AvgIpc) is 2.57. The molecule has 2 rings (SSSR count). The zero-order valence-corrected chi connectivity index (χ0v) is 11.8. The molecule has 0 saturated heterocycles. The number of aryl methyl sites for hydroxylation is 2.